The van der Waals surface area contributed by atoms with Crippen molar-refractivity contribution in [3.63, 3.8) is 0 Å². The number of para-hydroxylation sites is 1. The molecule has 0 aliphatic carbocycles. The molecule has 2 aromatic carbocycles. The number of anilines is 1. The molecule has 0 aliphatic rings. The van der Waals surface area contributed by atoms with Crippen LogP contribution in [0, 0.1) is 0 Å². The first kappa shape index (κ1) is 23.2. The molecule has 180 valence electrons. The number of amides is 1. The van der Waals surface area contributed by atoms with Crippen molar-refractivity contribution in [1.82, 2.24) is 19.6 Å². The van der Waals surface area contributed by atoms with Gasteiger partial charge in [0.05, 0.1) is 11.1 Å². The summed E-state index contributed by atoms with van der Waals surface area (Å²) in [4.78, 5) is 34.1. The smallest absolute Gasteiger partial charge is 0.291 e. The molecule has 0 fully saturated rings. The lowest BCUT2D eigenvalue weighted by Crippen LogP contribution is -2.23. The zero-order chi connectivity index (χ0) is 24.9. The van der Waals surface area contributed by atoms with Crippen LogP contribution in [0.1, 0.15) is 12.5 Å². The second-order valence-electron chi connectivity index (χ2n) is 7.62. The van der Waals surface area contributed by atoms with Gasteiger partial charge in [-0.1, -0.05) is 35.6 Å². The third-order valence-corrected chi connectivity index (χ3v) is 6.06. The highest BCUT2D eigenvalue weighted by molar-refractivity contribution is 7.15. The molecular weight excluding hydrogens is 478 g/mol. The Kier molecular flexibility index (Phi) is 6.67. The predicted molar refractivity (Wildman–Crippen MR) is 137 cm³/mol. The molecule has 0 radical (unpaired) electrons. The van der Waals surface area contributed by atoms with E-state index in [1.165, 1.54) is 15.9 Å². The van der Waals surface area contributed by atoms with Gasteiger partial charge in [-0.15, -0.1) is 5.10 Å². The molecule has 36 heavy (non-hydrogen) atoms. The second kappa shape index (κ2) is 10.4. The minimum Gasteiger partial charge on any atom is -0.490 e. The minimum absolute atomic E-state index is 0.170. The first-order valence-electron chi connectivity index (χ1n) is 11.2. The Hall–Kier alpha value is -4.57. The van der Waals surface area contributed by atoms with E-state index in [1.54, 1.807) is 60.9 Å². The van der Waals surface area contributed by atoms with Crippen molar-refractivity contribution < 1.29 is 14.3 Å². The van der Waals surface area contributed by atoms with Gasteiger partial charge in [0, 0.05) is 23.6 Å². The molecule has 1 N–H and O–H groups in total. The van der Waals surface area contributed by atoms with Crippen molar-refractivity contribution >= 4 is 34.0 Å². The van der Waals surface area contributed by atoms with Crippen LogP contribution in [0.4, 0.5) is 5.69 Å². The first-order chi connectivity index (χ1) is 17.6. The standard InChI is InChI=1S/C26H21N5O4S/c1-2-34-21-14-17(8-9-20(21)35-16-23(32)28-19-6-4-3-5-7-19)15-22-25(33)31-26(36-22)29-24(30-31)18-10-12-27-13-11-18/h3-15H,2,16H2,1H3,(H,28,32)/b22-15-. The Bertz CT molecular complexity index is 1620. The van der Waals surface area contributed by atoms with Crippen LogP contribution in [0.25, 0.3) is 22.4 Å². The molecule has 3 heterocycles. The fourth-order valence-corrected chi connectivity index (χ4v) is 4.38. The second-order valence-corrected chi connectivity index (χ2v) is 8.63. The number of benzene rings is 2. The summed E-state index contributed by atoms with van der Waals surface area (Å²) in [5.41, 5.74) is 1.98. The first-order valence-corrected chi connectivity index (χ1v) is 12.0. The number of fused-ring (bicyclic) bond motifs is 1. The molecule has 0 bridgehead atoms. The van der Waals surface area contributed by atoms with Crippen LogP contribution < -0.4 is 24.9 Å². The van der Waals surface area contributed by atoms with E-state index in [0.717, 1.165) is 11.1 Å². The van der Waals surface area contributed by atoms with Crippen molar-refractivity contribution in [1.29, 1.82) is 0 Å². The number of aromatic nitrogens is 4. The number of carbonyl (C=O) groups is 1. The van der Waals surface area contributed by atoms with Crippen LogP contribution >= 0.6 is 11.3 Å². The Morgan fingerprint density at radius 1 is 1.06 bits per heavy atom. The average molecular weight is 500 g/mol. The Morgan fingerprint density at radius 3 is 2.61 bits per heavy atom. The lowest BCUT2D eigenvalue weighted by Gasteiger charge is -2.12. The molecule has 5 rings (SSSR count). The Labute approximate surface area is 209 Å². The zero-order valence-electron chi connectivity index (χ0n) is 19.2. The summed E-state index contributed by atoms with van der Waals surface area (Å²) in [6.07, 6.45) is 5.06. The largest absolute Gasteiger partial charge is 0.490 e. The SMILES string of the molecule is CCOc1cc(/C=c2\sc3nc(-c4ccncc4)nn3c2=O)ccc1OCC(=O)Nc1ccccc1. The van der Waals surface area contributed by atoms with Crippen LogP contribution in [0.5, 0.6) is 11.5 Å². The summed E-state index contributed by atoms with van der Waals surface area (Å²) in [7, 11) is 0. The molecule has 3 aromatic heterocycles. The molecule has 5 aromatic rings. The van der Waals surface area contributed by atoms with E-state index in [-0.39, 0.29) is 18.1 Å². The monoisotopic (exact) mass is 499 g/mol. The Morgan fingerprint density at radius 2 is 1.86 bits per heavy atom. The topological polar surface area (TPSA) is 108 Å². The van der Waals surface area contributed by atoms with Crippen molar-refractivity contribution in [2.75, 3.05) is 18.5 Å². The van der Waals surface area contributed by atoms with Gasteiger partial charge < -0.3 is 14.8 Å². The minimum atomic E-state index is -0.282. The van der Waals surface area contributed by atoms with E-state index in [4.69, 9.17) is 9.47 Å². The lowest BCUT2D eigenvalue weighted by molar-refractivity contribution is -0.118. The molecule has 0 atom stereocenters. The van der Waals surface area contributed by atoms with Crippen LogP contribution in [0.3, 0.4) is 0 Å². The van der Waals surface area contributed by atoms with Crippen LogP contribution in [0.15, 0.2) is 77.9 Å². The third-order valence-electron chi connectivity index (χ3n) is 5.10. The van der Waals surface area contributed by atoms with Crippen molar-refractivity contribution in [3.8, 4) is 22.9 Å². The summed E-state index contributed by atoms with van der Waals surface area (Å²) in [6, 6.07) is 18.0. The van der Waals surface area contributed by atoms with E-state index in [1.807, 2.05) is 25.1 Å². The van der Waals surface area contributed by atoms with Crippen LogP contribution in [-0.4, -0.2) is 38.7 Å². The number of hydrogen-bond acceptors (Lipinski definition) is 8. The van der Waals surface area contributed by atoms with Crippen molar-refractivity contribution in [3.05, 3.63) is 93.5 Å². The number of nitrogens with zero attached hydrogens (tertiary/aromatic N) is 4. The van der Waals surface area contributed by atoms with Gasteiger partial charge in [0.2, 0.25) is 4.96 Å². The Balaban J connectivity index is 1.36. The highest BCUT2D eigenvalue weighted by Gasteiger charge is 2.13. The molecule has 9 nitrogen and oxygen atoms in total. The number of hydrogen-bond donors (Lipinski definition) is 1. The maximum atomic E-state index is 12.9. The lowest BCUT2D eigenvalue weighted by atomic mass is 10.2. The van der Waals surface area contributed by atoms with E-state index in [9.17, 15) is 9.59 Å². The number of rotatable bonds is 8. The summed E-state index contributed by atoms with van der Waals surface area (Å²) < 4.78 is 13.2. The van der Waals surface area contributed by atoms with E-state index in [2.05, 4.69) is 20.4 Å². The maximum absolute atomic E-state index is 12.9. The predicted octanol–water partition coefficient (Wildman–Crippen LogP) is 3.18. The molecule has 0 saturated carbocycles. The van der Waals surface area contributed by atoms with Crippen molar-refractivity contribution in [2.24, 2.45) is 0 Å². The summed E-state index contributed by atoms with van der Waals surface area (Å²) in [5.74, 6) is 1.11. The molecule has 1 amide bonds. The zero-order valence-corrected chi connectivity index (χ0v) is 20.1. The quantitative estimate of drug-likeness (QED) is 0.349. The molecular formula is C26H21N5O4S. The van der Waals surface area contributed by atoms with E-state index < -0.39 is 0 Å². The van der Waals surface area contributed by atoms with Gasteiger partial charge >= 0.3 is 0 Å². The maximum Gasteiger partial charge on any atom is 0.291 e. The van der Waals surface area contributed by atoms with Crippen LogP contribution in [0.2, 0.25) is 0 Å². The number of ether oxygens (including phenoxy) is 2. The van der Waals surface area contributed by atoms with Gasteiger partial charge in [-0.05, 0) is 55.0 Å². The molecule has 0 unspecified atom stereocenters. The highest BCUT2D eigenvalue weighted by Crippen LogP contribution is 2.29. The van der Waals surface area contributed by atoms with Gasteiger partial charge in [0.1, 0.15) is 0 Å². The summed E-state index contributed by atoms with van der Waals surface area (Å²) in [5, 5.41) is 7.13. The van der Waals surface area contributed by atoms with E-state index >= 15 is 0 Å². The molecule has 0 saturated heterocycles. The average Bonchev–Trinajstić information content (AvgIpc) is 3.44. The molecule has 0 aliphatic heterocycles. The summed E-state index contributed by atoms with van der Waals surface area (Å²) >= 11 is 1.25. The fraction of sp³-hybridized carbons (Fsp3) is 0.115. The fourth-order valence-electron chi connectivity index (χ4n) is 3.47. The van der Waals surface area contributed by atoms with Gasteiger partial charge in [0.25, 0.3) is 11.5 Å². The highest BCUT2D eigenvalue weighted by atomic mass is 32.1. The summed E-state index contributed by atoms with van der Waals surface area (Å²) in [6.45, 7) is 2.10. The number of carbonyl (C=O) groups excluding carboxylic acids is 1. The third kappa shape index (κ3) is 5.08. The normalized spacial score (nSPS) is 11.5. The van der Waals surface area contributed by atoms with Gasteiger partial charge in [-0.3, -0.25) is 14.6 Å². The number of nitrogens with one attached hydrogen (secondary N) is 1. The number of pyridine rings is 1. The molecule has 10 heteroatoms. The van der Waals surface area contributed by atoms with Gasteiger partial charge in [0.15, 0.2) is 23.9 Å². The van der Waals surface area contributed by atoms with E-state index in [0.29, 0.717) is 39.1 Å². The molecule has 0 spiro atoms. The number of thiazole rings is 1. The van der Waals surface area contributed by atoms with Crippen LogP contribution in [-0.2, 0) is 4.79 Å². The van der Waals surface area contributed by atoms with Gasteiger partial charge in [-0.25, -0.2) is 0 Å². The van der Waals surface area contributed by atoms with Gasteiger partial charge in [-0.2, -0.15) is 9.50 Å². The van der Waals surface area contributed by atoms with Crippen molar-refractivity contribution in [2.45, 2.75) is 6.92 Å².